The van der Waals surface area contributed by atoms with Gasteiger partial charge in [0.05, 0.1) is 12.2 Å². The molecule has 1 amide bonds. The second-order valence-electron chi connectivity index (χ2n) is 7.67. The molecule has 2 aliphatic rings. The van der Waals surface area contributed by atoms with Gasteiger partial charge in [0.25, 0.3) is 0 Å². The summed E-state index contributed by atoms with van der Waals surface area (Å²) in [7, 11) is 0. The summed E-state index contributed by atoms with van der Waals surface area (Å²) < 4.78 is 22.4. The monoisotopic (exact) mass is 410 g/mol. The lowest BCUT2D eigenvalue weighted by molar-refractivity contribution is -0.132. The van der Waals surface area contributed by atoms with Crippen molar-refractivity contribution in [2.45, 2.75) is 13.0 Å². The fourth-order valence-corrected chi connectivity index (χ4v) is 4.11. The van der Waals surface area contributed by atoms with Crippen LogP contribution >= 0.6 is 0 Å². The number of aromatic nitrogens is 3. The largest absolute Gasteiger partial charge is 0.492 e. The van der Waals surface area contributed by atoms with E-state index in [2.05, 4.69) is 20.3 Å². The third-order valence-corrected chi connectivity index (χ3v) is 5.79. The molecule has 2 aliphatic heterocycles. The maximum absolute atomic E-state index is 14.7. The normalized spacial score (nSPS) is 19.7. The molecule has 0 radical (unpaired) electrons. The van der Waals surface area contributed by atoms with E-state index in [0.29, 0.717) is 54.6 Å². The molecule has 1 fully saturated rings. The molecule has 156 valence electrons. The lowest BCUT2D eigenvalue weighted by atomic mass is 10.1. The predicted octanol–water partition coefficient (Wildman–Crippen LogP) is 1.87. The van der Waals surface area contributed by atoms with Crippen LogP contribution in [0.25, 0.3) is 16.8 Å². The number of fused-ring (bicyclic) bond motifs is 5. The van der Waals surface area contributed by atoms with Gasteiger partial charge in [-0.2, -0.15) is 5.10 Å². The molecule has 0 spiro atoms. The summed E-state index contributed by atoms with van der Waals surface area (Å²) in [5, 5.41) is 7.65. The summed E-state index contributed by atoms with van der Waals surface area (Å²) in [6.07, 6.45) is 3.43. The first-order chi connectivity index (χ1) is 14.6. The zero-order valence-corrected chi connectivity index (χ0v) is 16.7. The maximum atomic E-state index is 14.7. The number of anilines is 1. The molecule has 0 aliphatic carbocycles. The van der Waals surface area contributed by atoms with Gasteiger partial charge in [-0.3, -0.25) is 9.69 Å². The van der Waals surface area contributed by atoms with Gasteiger partial charge in [-0.15, -0.1) is 0 Å². The Labute approximate surface area is 173 Å². The number of halogens is 1. The topological polar surface area (TPSA) is 75.0 Å². The number of rotatable bonds is 0. The fraction of sp³-hybridized carbons (Fsp3) is 0.381. The van der Waals surface area contributed by atoms with Crippen molar-refractivity contribution >= 4 is 17.4 Å². The van der Waals surface area contributed by atoms with E-state index in [1.54, 1.807) is 29.8 Å². The van der Waals surface area contributed by atoms with E-state index in [1.807, 2.05) is 17.2 Å². The molecule has 0 saturated carbocycles. The van der Waals surface area contributed by atoms with Crippen LogP contribution in [0.4, 0.5) is 10.2 Å². The molecule has 1 saturated heterocycles. The van der Waals surface area contributed by atoms with Crippen molar-refractivity contribution in [3.8, 4) is 16.9 Å². The number of benzene rings is 1. The van der Waals surface area contributed by atoms with Crippen molar-refractivity contribution in [3.63, 3.8) is 0 Å². The number of carbonyl (C=O) groups is 1. The minimum absolute atomic E-state index is 0.0584. The second-order valence-corrected chi connectivity index (χ2v) is 7.67. The van der Waals surface area contributed by atoms with Gasteiger partial charge in [-0.1, -0.05) is 0 Å². The Morgan fingerprint density at radius 3 is 3.00 bits per heavy atom. The highest BCUT2D eigenvalue weighted by atomic mass is 19.1. The van der Waals surface area contributed by atoms with Crippen LogP contribution in [0.2, 0.25) is 0 Å². The highest BCUT2D eigenvalue weighted by Gasteiger charge is 2.29. The molecule has 0 unspecified atom stereocenters. The molecule has 1 N–H and O–H groups in total. The number of piperazine rings is 1. The molecule has 8 nitrogen and oxygen atoms in total. The van der Waals surface area contributed by atoms with Crippen LogP contribution in [-0.4, -0.2) is 75.7 Å². The van der Waals surface area contributed by atoms with Crippen molar-refractivity contribution < 1.29 is 13.9 Å². The van der Waals surface area contributed by atoms with Gasteiger partial charge in [0.15, 0.2) is 5.65 Å². The Morgan fingerprint density at radius 1 is 1.23 bits per heavy atom. The molecule has 4 heterocycles. The third-order valence-electron chi connectivity index (χ3n) is 5.79. The van der Waals surface area contributed by atoms with Crippen molar-refractivity contribution in [1.29, 1.82) is 0 Å². The molecule has 1 aromatic carbocycles. The molecular weight excluding hydrogens is 387 g/mol. The first kappa shape index (κ1) is 18.8. The quantitative estimate of drug-likeness (QED) is 0.610. The van der Waals surface area contributed by atoms with Gasteiger partial charge in [0.1, 0.15) is 24.0 Å². The number of nitrogens with zero attached hydrogens (tertiary/aromatic N) is 5. The van der Waals surface area contributed by atoms with Crippen LogP contribution in [0, 0.1) is 5.82 Å². The van der Waals surface area contributed by atoms with E-state index >= 15 is 0 Å². The molecule has 3 aromatic rings. The third kappa shape index (κ3) is 3.45. The molecule has 30 heavy (non-hydrogen) atoms. The summed E-state index contributed by atoms with van der Waals surface area (Å²) in [5.41, 5.74) is 1.59. The number of nitrogens with one attached hydrogen (secondary N) is 1. The number of carbonyl (C=O) groups excluding carboxylic acids is 1. The number of amides is 1. The predicted molar refractivity (Wildman–Crippen MR) is 110 cm³/mol. The molecule has 9 heteroatoms. The lowest BCUT2D eigenvalue weighted by Gasteiger charge is -2.41. The maximum Gasteiger partial charge on any atom is 0.219 e. The first-order valence-corrected chi connectivity index (χ1v) is 10.1. The molecular formula is C21H23FN6O2. The van der Waals surface area contributed by atoms with Crippen LogP contribution in [-0.2, 0) is 4.79 Å². The van der Waals surface area contributed by atoms with E-state index in [-0.39, 0.29) is 17.8 Å². The Balaban J connectivity index is 1.53. The molecule has 2 aromatic heterocycles. The Bertz CT molecular complexity index is 1100. The van der Waals surface area contributed by atoms with Gasteiger partial charge in [-0.05, 0) is 24.3 Å². The zero-order valence-electron chi connectivity index (χ0n) is 16.7. The first-order valence-electron chi connectivity index (χ1n) is 10.1. The van der Waals surface area contributed by atoms with Gasteiger partial charge in [0.2, 0.25) is 5.91 Å². The van der Waals surface area contributed by atoms with Crippen molar-refractivity contribution in [1.82, 2.24) is 24.4 Å². The van der Waals surface area contributed by atoms with E-state index < -0.39 is 0 Å². The average molecular weight is 410 g/mol. The molecule has 1 atom stereocenters. The van der Waals surface area contributed by atoms with Gasteiger partial charge in [-0.25, -0.2) is 13.9 Å². The highest BCUT2D eigenvalue weighted by Crippen LogP contribution is 2.30. The lowest BCUT2D eigenvalue weighted by Crippen LogP contribution is -2.57. The summed E-state index contributed by atoms with van der Waals surface area (Å²) in [6, 6.07) is 6.64. The standard InChI is InChI=1S/C21H23FN6O2/c1-14(29)27-9-8-26-7-5-23-20-4-6-28-21(25-20)18(11-24-28)17-10-16(2-3-19(17)22)30-13-15(26)12-27/h2-4,6,10-11,15H,5,7-9,12-13H2,1H3,(H,23,25)/t15-/m0/s1. The summed E-state index contributed by atoms with van der Waals surface area (Å²) in [5.74, 6) is 1.01. The fourth-order valence-electron chi connectivity index (χ4n) is 4.11. The molecule has 5 rings (SSSR count). The number of hydrogen-bond donors (Lipinski definition) is 1. The highest BCUT2D eigenvalue weighted by molar-refractivity contribution is 5.79. The van der Waals surface area contributed by atoms with Crippen molar-refractivity contribution in [2.24, 2.45) is 0 Å². The van der Waals surface area contributed by atoms with Crippen molar-refractivity contribution in [3.05, 3.63) is 42.5 Å². The van der Waals surface area contributed by atoms with Crippen LogP contribution in [0.1, 0.15) is 6.92 Å². The summed E-state index contributed by atoms with van der Waals surface area (Å²) in [4.78, 5) is 20.7. The summed E-state index contributed by atoms with van der Waals surface area (Å²) in [6.45, 7) is 5.61. The van der Waals surface area contributed by atoms with Crippen molar-refractivity contribution in [2.75, 3.05) is 44.6 Å². The van der Waals surface area contributed by atoms with Crippen LogP contribution in [0.15, 0.2) is 36.7 Å². The van der Waals surface area contributed by atoms with Gasteiger partial charge < -0.3 is 15.0 Å². The van der Waals surface area contributed by atoms with Crippen LogP contribution in [0.3, 0.4) is 0 Å². The summed E-state index contributed by atoms with van der Waals surface area (Å²) >= 11 is 0. The second kappa shape index (κ2) is 7.56. The van der Waals surface area contributed by atoms with Crippen LogP contribution in [0.5, 0.6) is 5.75 Å². The minimum atomic E-state index is -0.355. The zero-order chi connectivity index (χ0) is 20.7. The molecule has 4 bridgehead atoms. The Morgan fingerprint density at radius 2 is 2.13 bits per heavy atom. The Hall–Kier alpha value is -3.20. The van der Waals surface area contributed by atoms with Gasteiger partial charge in [0, 0.05) is 57.0 Å². The van der Waals surface area contributed by atoms with Crippen LogP contribution < -0.4 is 10.1 Å². The van der Waals surface area contributed by atoms with E-state index in [9.17, 15) is 9.18 Å². The smallest absolute Gasteiger partial charge is 0.219 e. The Kier molecular flexibility index (Phi) is 4.74. The average Bonchev–Trinajstić information content (AvgIpc) is 3.16. The minimum Gasteiger partial charge on any atom is -0.492 e. The van der Waals surface area contributed by atoms with E-state index in [0.717, 1.165) is 13.1 Å². The van der Waals surface area contributed by atoms with Gasteiger partial charge >= 0.3 is 0 Å². The van der Waals surface area contributed by atoms with E-state index in [1.165, 1.54) is 6.07 Å². The SMILES string of the molecule is CC(=O)N1CCN2CCNc3ccn4ncc(c4n3)-c3cc(ccc3F)OC[C@@H]2C1. The number of hydrogen-bond acceptors (Lipinski definition) is 6. The van der Waals surface area contributed by atoms with E-state index in [4.69, 9.17) is 4.74 Å². The number of ether oxygens (including phenoxy) is 1.